The van der Waals surface area contributed by atoms with Crippen molar-refractivity contribution >= 4 is 5.97 Å². The van der Waals surface area contributed by atoms with E-state index in [1.807, 2.05) is 42.5 Å². The number of hydrogen-bond acceptors (Lipinski definition) is 5. The fourth-order valence-electron chi connectivity index (χ4n) is 3.69. The Labute approximate surface area is 159 Å². The van der Waals surface area contributed by atoms with Gasteiger partial charge in [0.2, 0.25) is 0 Å². The van der Waals surface area contributed by atoms with E-state index in [0.29, 0.717) is 19.6 Å². The van der Waals surface area contributed by atoms with Gasteiger partial charge < -0.3 is 19.3 Å². The van der Waals surface area contributed by atoms with Crippen LogP contribution in [-0.2, 0) is 11.3 Å². The Kier molecular flexibility index (Phi) is 5.86. The molecule has 2 aromatic carbocycles. The lowest BCUT2D eigenvalue weighted by Crippen LogP contribution is -2.23. The standard InChI is InChI=1S/C21H25NO5/c1-25-16-6-4-5-15(9-16)19-12-22(13-20(19)21(23)24)11-14-7-17(26-2)10-18(8-14)27-3/h4-10,19-20H,11-13H2,1-3H3,(H,23,24)/t19-,20+/m0/s1. The van der Waals surface area contributed by atoms with Crippen molar-refractivity contribution in [2.75, 3.05) is 34.4 Å². The van der Waals surface area contributed by atoms with Crippen LogP contribution in [0.5, 0.6) is 17.2 Å². The van der Waals surface area contributed by atoms with Crippen LogP contribution < -0.4 is 14.2 Å². The van der Waals surface area contributed by atoms with Gasteiger partial charge in [0.25, 0.3) is 0 Å². The fourth-order valence-corrected chi connectivity index (χ4v) is 3.69. The monoisotopic (exact) mass is 371 g/mol. The van der Waals surface area contributed by atoms with Gasteiger partial charge in [0.05, 0.1) is 27.2 Å². The average molecular weight is 371 g/mol. The quantitative estimate of drug-likeness (QED) is 0.807. The normalized spacial score (nSPS) is 19.7. The Morgan fingerprint density at radius 3 is 2.26 bits per heavy atom. The second-order valence-corrected chi connectivity index (χ2v) is 6.74. The van der Waals surface area contributed by atoms with Crippen LogP contribution in [-0.4, -0.2) is 50.4 Å². The summed E-state index contributed by atoms with van der Waals surface area (Å²) in [6, 6.07) is 13.4. The van der Waals surface area contributed by atoms with E-state index in [9.17, 15) is 9.90 Å². The second-order valence-electron chi connectivity index (χ2n) is 6.74. The van der Waals surface area contributed by atoms with Gasteiger partial charge in [-0.3, -0.25) is 9.69 Å². The summed E-state index contributed by atoms with van der Waals surface area (Å²) >= 11 is 0. The molecule has 1 saturated heterocycles. The van der Waals surface area contributed by atoms with E-state index in [2.05, 4.69) is 4.90 Å². The van der Waals surface area contributed by atoms with Crippen molar-refractivity contribution in [3.63, 3.8) is 0 Å². The summed E-state index contributed by atoms with van der Waals surface area (Å²) in [5.74, 6) is 0.890. The van der Waals surface area contributed by atoms with Gasteiger partial charge in [-0.15, -0.1) is 0 Å². The summed E-state index contributed by atoms with van der Waals surface area (Å²) in [6.45, 7) is 1.80. The van der Waals surface area contributed by atoms with Crippen LogP contribution in [0.4, 0.5) is 0 Å². The maximum absolute atomic E-state index is 11.8. The summed E-state index contributed by atoms with van der Waals surface area (Å²) in [4.78, 5) is 14.0. The number of carbonyl (C=O) groups is 1. The molecule has 1 aliphatic rings. The van der Waals surface area contributed by atoms with Crippen LogP contribution in [0.15, 0.2) is 42.5 Å². The van der Waals surface area contributed by atoms with Crippen molar-refractivity contribution in [1.82, 2.24) is 4.90 Å². The fraction of sp³-hybridized carbons (Fsp3) is 0.381. The molecule has 1 N–H and O–H groups in total. The third-order valence-electron chi connectivity index (χ3n) is 5.05. The summed E-state index contributed by atoms with van der Waals surface area (Å²) in [5.41, 5.74) is 2.02. The molecule has 6 heteroatoms. The van der Waals surface area contributed by atoms with Crippen molar-refractivity contribution in [3.05, 3.63) is 53.6 Å². The van der Waals surface area contributed by atoms with E-state index in [1.165, 1.54) is 0 Å². The van der Waals surface area contributed by atoms with Crippen molar-refractivity contribution in [2.45, 2.75) is 12.5 Å². The molecule has 0 radical (unpaired) electrons. The number of carboxylic acids is 1. The molecule has 0 amide bonds. The van der Waals surface area contributed by atoms with E-state index in [1.54, 1.807) is 21.3 Å². The number of hydrogen-bond donors (Lipinski definition) is 1. The number of likely N-dealkylation sites (tertiary alicyclic amines) is 1. The molecule has 0 aliphatic carbocycles. The number of carboxylic acid groups (broad SMARTS) is 1. The Morgan fingerprint density at radius 2 is 1.67 bits per heavy atom. The molecular formula is C21H25NO5. The lowest BCUT2D eigenvalue weighted by atomic mass is 9.89. The van der Waals surface area contributed by atoms with Gasteiger partial charge in [0, 0.05) is 31.6 Å². The predicted octanol–water partition coefficient (Wildman–Crippen LogP) is 3.01. The molecule has 144 valence electrons. The molecule has 1 aliphatic heterocycles. The van der Waals surface area contributed by atoms with Crippen LogP contribution in [0.25, 0.3) is 0 Å². The number of aliphatic carboxylic acids is 1. The number of ether oxygens (including phenoxy) is 3. The molecule has 0 bridgehead atoms. The minimum atomic E-state index is -0.770. The lowest BCUT2D eigenvalue weighted by Gasteiger charge is -2.17. The zero-order valence-corrected chi connectivity index (χ0v) is 15.8. The van der Waals surface area contributed by atoms with Gasteiger partial charge in [-0.2, -0.15) is 0 Å². The van der Waals surface area contributed by atoms with E-state index in [4.69, 9.17) is 14.2 Å². The Balaban J connectivity index is 1.81. The Morgan fingerprint density at radius 1 is 1.00 bits per heavy atom. The maximum Gasteiger partial charge on any atom is 0.308 e. The van der Waals surface area contributed by atoms with Crippen LogP contribution in [0.1, 0.15) is 17.0 Å². The molecule has 27 heavy (non-hydrogen) atoms. The molecule has 0 saturated carbocycles. The van der Waals surface area contributed by atoms with Crippen LogP contribution >= 0.6 is 0 Å². The van der Waals surface area contributed by atoms with Gasteiger partial charge in [-0.05, 0) is 35.4 Å². The third kappa shape index (κ3) is 4.34. The van der Waals surface area contributed by atoms with Gasteiger partial charge in [-0.1, -0.05) is 12.1 Å². The highest BCUT2D eigenvalue weighted by Gasteiger charge is 2.38. The first-order chi connectivity index (χ1) is 13.0. The summed E-state index contributed by atoms with van der Waals surface area (Å²) in [7, 11) is 4.85. The van der Waals surface area contributed by atoms with Crippen LogP contribution in [0, 0.1) is 5.92 Å². The van der Waals surface area contributed by atoms with E-state index >= 15 is 0 Å². The van der Waals surface area contributed by atoms with Gasteiger partial charge in [0.15, 0.2) is 0 Å². The topological polar surface area (TPSA) is 68.2 Å². The molecular weight excluding hydrogens is 346 g/mol. The van der Waals surface area contributed by atoms with Crippen LogP contribution in [0.3, 0.4) is 0 Å². The highest BCUT2D eigenvalue weighted by molar-refractivity contribution is 5.72. The first-order valence-corrected chi connectivity index (χ1v) is 8.85. The largest absolute Gasteiger partial charge is 0.497 e. The van der Waals surface area contributed by atoms with Gasteiger partial charge in [0.1, 0.15) is 17.2 Å². The first-order valence-electron chi connectivity index (χ1n) is 8.85. The number of benzene rings is 2. The van der Waals surface area contributed by atoms with Gasteiger partial charge in [-0.25, -0.2) is 0 Å². The zero-order valence-electron chi connectivity index (χ0n) is 15.8. The highest BCUT2D eigenvalue weighted by Crippen LogP contribution is 2.35. The van der Waals surface area contributed by atoms with E-state index in [-0.39, 0.29) is 5.92 Å². The van der Waals surface area contributed by atoms with E-state index < -0.39 is 11.9 Å². The number of methoxy groups -OCH3 is 3. The Bertz CT molecular complexity index is 785. The van der Waals surface area contributed by atoms with Crippen molar-refractivity contribution in [3.8, 4) is 17.2 Å². The van der Waals surface area contributed by atoms with Crippen LogP contribution in [0.2, 0.25) is 0 Å². The minimum absolute atomic E-state index is 0.0786. The molecule has 0 spiro atoms. The molecule has 3 rings (SSSR count). The van der Waals surface area contributed by atoms with Crippen molar-refractivity contribution in [1.29, 1.82) is 0 Å². The van der Waals surface area contributed by atoms with Crippen molar-refractivity contribution < 1.29 is 24.1 Å². The smallest absolute Gasteiger partial charge is 0.308 e. The lowest BCUT2D eigenvalue weighted by molar-refractivity contribution is -0.141. The molecule has 1 heterocycles. The van der Waals surface area contributed by atoms with E-state index in [0.717, 1.165) is 28.4 Å². The predicted molar refractivity (Wildman–Crippen MR) is 102 cm³/mol. The average Bonchev–Trinajstić information content (AvgIpc) is 3.11. The minimum Gasteiger partial charge on any atom is -0.497 e. The molecule has 0 aromatic heterocycles. The third-order valence-corrected chi connectivity index (χ3v) is 5.05. The molecule has 2 atom stereocenters. The van der Waals surface area contributed by atoms with Gasteiger partial charge >= 0.3 is 5.97 Å². The summed E-state index contributed by atoms with van der Waals surface area (Å²) < 4.78 is 16.0. The maximum atomic E-state index is 11.8. The molecule has 6 nitrogen and oxygen atoms in total. The first kappa shape index (κ1) is 19.0. The Hall–Kier alpha value is -2.73. The molecule has 1 fully saturated rings. The van der Waals surface area contributed by atoms with Crippen molar-refractivity contribution in [2.24, 2.45) is 5.92 Å². The number of rotatable bonds is 7. The summed E-state index contributed by atoms with van der Waals surface area (Å²) in [5, 5.41) is 9.72. The number of nitrogens with zero attached hydrogens (tertiary/aromatic N) is 1. The SMILES string of the molecule is COc1cc(CN2C[C@@H](C(=O)O)[C@H](c3cccc(OC)c3)C2)cc(OC)c1. The second kappa shape index (κ2) is 8.31. The molecule has 2 aromatic rings. The highest BCUT2D eigenvalue weighted by atomic mass is 16.5. The molecule has 0 unspecified atom stereocenters. The summed E-state index contributed by atoms with van der Waals surface area (Å²) in [6.07, 6.45) is 0. The zero-order chi connectivity index (χ0) is 19.4.